The van der Waals surface area contributed by atoms with Gasteiger partial charge >= 0.3 is 11.9 Å². The minimum absolute atomic E-state index is 0.00688. The second-order valence-electron chi connectivity index (χ2n) is 11.2. The second-order valence-corrected chi connectivity index (χ2v) is 11.2. The number of hydrogen-bond donors (Lipinski definition) is 1. The van der Waals surface area contributed by atoms with Gasteiger partial charge in [0, 0.05) is 45.3 Å². The zero-order valence-electron chi connectivity index (χ0n) is 31.6. The van der Waals surface area contributed by atoms with Gasteiger partial charge in [0.1, 0.15) is 11.3 Å². The van der Waals surface area contributed by atoms with Gasteiger partial charge in [0.25, 0.3) is 5.60 Å². The number of aryl methyl sites for hydroxylation is 1. The molecule has 1 aromatic carbocycles. The lowest BCUT2D eigenvalue weighted by molar-refractivity contribution is -0.195. The van der Waals surface area contributed by atoms with E-state index in [0.717, 1.165) is 6.54 Å². The number of fused-ring (bicyclic) bond motifs is 1. The topological polar surface area (TPSA) is 164 Å². The highest BCUT2D eigenvalue weighted by atomic mass is 16.6. The Morgan fingerprint density at radius 3 is 2.18 bits per heavy atom. The average molecular weight is 710 g/mol. The monoisotopic (exact) mass is 709 g/mol. The van der Waals surface area contributed by atoms with Crippen LogP contribution in [0.4, 0.5) is 11.5 Å². The van der Waals surface area contributed by atoms with E-state index in [1.165, 1.54) is 7.11 Å². The Bertz CT molecular complexity index is 1580. The van der Waals surface area contributed by atoms with Gasteiger partial charge < -0.3 is 34.1 Å². The number of nitrogens with zero attached hydrogens (tertiary/aromatic N) is 6. The summed E-state index contributed by atoms with van der Waals surface area (Å²) in [6.45, 7) is 14.8. The largest absolute Gasteiger partial charge is 0.463 e. The number of esters is 2. The number of hydrogen-bond acceptors (Lipinski definition) is 12. The Hall–Kier alpha value is -4.58. The van der Waals surface area contributed by atoms with Crippen LogP contribution in [0, 0.1) is 18.3 Å². The molecule has 0 saturated carbocycles. The number of amides is 1. The van der Waals surface area contributed by atoms with Gasteiger partial charge in [-0.1, -0.05) is 52.7 Å². The van der Waals surface area contributed by atoms with Crippen molar-refractivity contribution in [1.29, 1.82) is 0 Å². The molecule has 3 aromatic rings. The molecule has 280 valence electrons. The highest BCUT2D eigenvalue weighted by Gasteiger charge is 2.51. The first kappa shape index (κ1) is 42.6. The van der Waals surface area contributed by atoms with E-state index in [9.17, 15) is 14.4 Å². The maximum Gasteiger partial charge on any atom is 0.350 e. The standard InChI is InChI=1S/C33H43N7O7.2C2H6/c1-7-23(18-39-21-35-28-29(34)36-26(8-2)37-30(28)39)25(44-6)20-47-33(31(42)45-9-3,32(43)46-10-4)17-22-11-13-24(14-12-22)40-16-15-38(5)19-27(40)41;2*1-2/h1,11-14,21,23,25H,8-10,15-20H2,2-6H3,(H2,34,36,37);2*1-2H3. The van der Waals surface area contributed by atoms with Crippen LogP contribution in [0.15, 0.2) is 30.6 Å². The highest BCUT2D eigenvalue weighted by molar-refractivity contribution is 6.04. The van der Waals surface area contributed by atoms with Crippen LogP contribution in [0.5, 0.6) is 0 Å². The highest BCUT2D eigenvalue weighted by Crippen LogP contribution is 2.27. The third kappa shape index (κ3) is 10.5. The van der Waals surface area contributed by atoms with Crippen LogP contribution in [-0.4, -0.2) is 108 Å². The Morgan fingerprint density at radius 1 is 1.02 bits per heavy atom. The maximum absolute atomic E-state index is 13.6. The Kier molecular flexibility index (Phi) is 17.5. The number of methoxy groups -OCH3 is 1. The number of terminal acetylenes is 1. The molecule has 2 N–H and O–H groups in total. The molecular weight excluding hydrogens is 654 g/mol. The van der Waals surface area contributed by atoms with Crippen LogP contribution in [-0.2, 0) is 52.7 Å². The maximum atomic E-state index is 13.6. The summed E-state index contributed by atoms with van der Waals surface area (Å²) >= 11 is 0. The van der Waals surface area contributed by atoms with E-state index in [-0.39, 0.29) is 44.5 Å². The smallest absolute Gasteiger partial charge is 0.350 e. The number of benzene rings is 1. The summed E-state index contributed by atoms with van der Waals surface area (Å²) in [5, 5.41) is 0. The number of likely N-dealkylation sites (N-methyl/N-ethyl adjacent to an activating group) is 1. The zero-order valence-corrected chi connectivity index (χ0v) is 31.6. The van der Waals surface area contributed by atoms with E-state index in [0.29, 0.717) is 47.7 Å². The Balaban J connectivity index is 0.00000217. The van der Waals surface area contributed by atoms with Crippen LogP contribution in [0.25, 0.3) is 11.2 Å². The zero-order chi connectivity index (χ0) is 38.1. The molecule has 1 saturated heterocycles. The third-order valence-electron chi connectivity index (χ3n) is 8.03. The quantitative estimate of drug-likeness (QED) is 0.139. The minimum atomic E-state index is -2.16. The van der Waals surface area contributed by atoms with Crippen molar-refractivity contribution in [3.63, 3.8) is 0 Å². The molecule has 2 atom stereocenters. The molecule has 0 radical (unpaired) electrons. The lowest BCUT2D eigenvalue weighted by Crippen LogP contribution is -2.54. The molecule has 14 nitrogen and oxygen atoms in total. The molecule has 2 unspecified atom stereocenters. The van der Waals surface area contributed by atoms with E-state index in [1.807, 2.05) is 46.6 Å². The normalized spacial score (nSPS) is 14.4. The number of nitrogens with two attached hydrogens (primary N) is 1. The molecule has 0 aliphatic carbocycles. The van der Waals surface area contributed by atoms with E-state index >= 15 is 0 Å². The first-order valence-corrected chi connectivity index (χ1v) is 17.6. The fourth-order valence-corrected chi connectivity index (χ4v) is 5.40. The van der Waals surface area contributed by atoms with Crippen molar-refractivity contribution in [3.05, 3.63) is 42.0 Å². The van der Waals surface area contributed by atoms with Crippen LogP contribution in [0.1, 0.15) is 59.9 Å². The number of piperazine rings is 1. The molecule has 1 amide bonds. The minimum Gasteiger partial charge on any atom is -0.463 e. The molecule has 51 heavy (non-hydrogen) atoms. The number of ether oxygens (including phenoxy) is 4. The van der Waals surface area contributed by atoms with Gasteiger partial charge in [0.2, 0.25) is 5.91 Å². The van der Waals surface area contributed by atoms with E-state index in [1.54, 1.807) is 53.9 Å². The number of aromatic nitrogens is 4. The number of rotatable bonds is 15. The Labute approximate surface area is 302 Å². The third-order valence-corrected chi connectivity index (χ3v) is 8.03. The van der Waals surface area contributed by atoms with Gasteiger partial charge in [-0.25, -0.2) is 24.5 Å². The predicted octanol–water partition coefficient (Wildman–Crippen LogP) is 3.69. The average Bonchev–Trinajstić information content (AvgIpc) is 3.55. The lowest BCUT2D eigenvalue weighted by atomic mass is 9.93. The molecule has 1 aliphatic rings. The van der Waals surface area contributed by atoms with Gasteiger partial charge in [-0.15, -0.1) is 6.42 Å². The van der Waals surface area contributed by atoms with Gasteiger partial charge in [-0.3, -0.25) is 9.69 Å². The van der Waals surface area contributed by atoms with Crippen molar-refractivity contribution < 1.29 is 33.3 Å². The summed E-state index contributed by atoms with van der Waals surface area (Å²) in [5.41, 5.74) is 6.22. The number of nitrogen functional groups attached to an aromatic ring is 1. The van der Waals surface area contributed by atoms with Crippen molar-refractivity contribution in [2.45, 2.75) is 79.6 Å². The SMILES string of the molecule is C#CC(Cn1cnc2c(N)nc(CC)nc21)C(COC(Cc1ccc(N2CCN(C)CC2=O)cc1)(C(=O)OCC)C(=O)OCC)OC.CC.CC. The van der Waals surface area contributed by atoms with Crippen LogP contribution < -0.4 is 10.6 Å². The number of carbonyl (C=O) groups excluding carboxylic acids is 3. The van der Waals surface area contributed by atoms with Gasteiger partial charge in [-0.05, 0) is 38.6 Å². The lowest BCUT2D eigenvalue weighted by Gasteiger charge is -2.33. The molecule has 3 heterocycles. The van der Waals surface area contributed by atoms with Crippen LogP contribution >= 0.6 is 0 Å². The van der Waals surface area contributed by atoms with E-state index in [4.69, 9.17) is 31.1 Å². The Morgan fingerprint density at radius 2 is 1.65 bits per heavy atom. The fourth-order valence-electron chi connectivity index (χ4n) is 5.40. The molecule has 2 aromatic heterocycles. The first-order chi connectivity index (χ1) is 24.6. The molecule has 14 heteroatoms. The second kappa shape index (κ2) is 20.9. The van der Waals surface area contributed by atoms with E-state index < -0.39 is 29.6 Å². The summed E-state index contributed by atoms with van der Waals surface area (Å²) in [5.74, 6) is 1.17. The molecular formula is C37H55N7O7. The van der Waals surface area contributed by atoms with Gasteiger partial charge in [-0.2, -0.15) is 0 Å². The number of carbonyl (C=O) groups is 3. The number of imidazole rings is 1. The van der Waals surface area contributed by atoms with Crippen molar-refractivity contribution in [1.82, 2.24) is 24.4 Å². The molecule has 1 fully saturated rings. The van der Waals surface area contributed by atoms with Crippen molar-refractivity contribution in [3.8, 4) is 12.3 Å². The van der Waals surface area contributed by atoms with Crippen LogP contribution in [0.2, 0.25) is 0 Å². The molecule has 1 aliphatic heterocycles. The first-order valence-electron chi connectivity index (χ1n) is 17.6. The van der Waals surface area contributed by atoms with Gasteiger partial charge in [0.05, 0.1) is 44.7 Å². The molecule has 4 rings (SSSR count). The summed E-state index contributed by atoms with van der Waals surface area (Å²) in [7, 11) is 3.37. The summed E-state index contributed by atoms with van der Waals surface area (Å²) in [6, 6.07) is 7.05. The van der Waals surface area contributed by atoms with E-state index in [2.05, 4.69) is 20.9 Å². The van der Waals surface area contributed by atoms with Crippen LogP contribution in [0.3, 0.4) is 0 Å². The number of anilines is 2. The van der Waals surface area contributed by atoms with Crippen molar-refractivity contribution in [2.75, 3.05) is 64.2 Å². The summed E-state index contributed by atoms with van der Waals surface area (Å²) in [4.78, 5) is 56.6. The van der Waals surface area contributed by atoms with Crippen molar-refractivity contribution in [2.24, 2.45) is 5.92 Å². The summed E-state index contributed by atoms with van der Waals surface area (Å²) in [6.07, 6.45) is 7.17. The van der Waals surface area contributed by atoms with Gasteiger partial charge in [0.15, 0.2) is 11.5 Å². The fraction of sp³-hybridized carbons (Fsp3) is 0.568. The molecule has 0 bridgehead atoms. The summed E-state index contributed by atoms with van der Waals surface area (Å²) < 4.78 is 24.5. The van der Waals surface area contributed by atoms with Crippen molar-refractivity contribution >= 4 is 40.5 Å². The molecule has 0 spiro atoms. The predicted molar refractivity (Wildman–Crippen MR) is 197 cm³/mol.